The number of para-hydroxylation sites is 1. The fraction of sp³-hybridized carbons (Fsp3) is 0.118. The maximum atomic E-state index is 11.5. The minimum atomic E-state index is -0.568. The predicted molar refractivity (Wildman–Crippen MR) is 93.2 cm³/mol. The van der Waals surface area contributed by atoms with Gasteiger partial charge in [0.05, 0.1) is 22.0 Å². The van der Waals surface area contributed by atoms with Crippen LogP contribution in [0.5, 0.6) is 0 Å². The van der Waals surface area contributed by atoms with Gasteiger partial charge in [0.1, 0.15) is 12.1 Å². The van der Waals surface area contributed by atoms with Crippen molar-refractivity contribution in [3.63, 3.8) is 0 Å². The van der Waals surface area contributed by atoms with E-state index in [1.807, 2.05) is 6.92 Å². The molecule has 1 amide bonds. The minimum Gasteiger partial charge on any atom is -0.366 e. The van der Waals surface area contributed by atoms with Gasteiger partial charge in [-0.15, -0.1) is 0 Å². The van der Waals surface area contributed by atoms with Gasteiger partial charge in [0.15, 0.2) is 0 Å². The van der Waals surface area contributed by atoms with Crippen molar-refractivity contribution in [1.82, 2.24) is 9.97 Å². The van der Waals surface area contributed by atoms with Gasteiger partial charge in [-0.3, -0.25) is 14.9 Å². The molecule has 0 unspecified atom stereocenters. The second-order valence-electron chi connectivity index (χ2n) is 5.51. The van der Waals surface area contributed by atoms with E-state index in [2.05, 4.69) is 15.3 Å². The van der Waals surface area contributed by atoms with Gasteiger partial charge in [0.25, 0.3) is 11.6 Å². The largest absolute Gasteiger partial charge is 0.366 e. The average Bonchev–Trinajstić information content (AvgIpc) is 2.61. The quantitative estimate of drug-likeness (QED) is 0.545. The molecule has 3 aromatic rings. The lowest BCUT2D eigenvalue weighted by Crippen LogP contribution is -2.13. The Morgan fingerprint density at radius 1 is 1.24 bits per heavy atom. The van der Waals surface area contributed by atoms with Crippen LogP contribution in [0.15, 0.2) is 48.8 Å². The third-order valence-electron chi connectivity index (χ3n) is 3.86. The molecule has 0 aliphatic rings. The van der Waals surface area contributed by atoms with Crippen molar-refractivity contribution in [3.05, 3.63) is 70.0 Å². The summed E-state index contributed by atoms with van der Waals surface area (Å²) in [5.74, 6) is -0.0471. The number of non-ortho nitro benzene ring substituents is 1. The Morgan fingerprint density at radius 2 is 2.00 bits per heavy atom. The van der Waals surface area contributed by atoms with Crippen LogP contribution < -0.4 is 11.1 Å². The first kappa shape index (κ1) is 16.3. The summed E-state index contributed by atoms with van der Waals surface area (Å²) >= 11 is 0. The van der Waals surface area contributed by atoms with Crippen molar-refractivity contribution in [1.29, 1.82) is 0 Å². The molecule has 0 radical (unpaired) electrons. The van der Waals surface area contributed by atoms with Crippen LogP contribution in [0.25, 0.3) is 10.9 Å². The zero-order chi connectivity index (χ0) is 18.0. The van der Waals surface area contributed by atoms with Crippen LogP contribution in [-0.2, 0) is 0 Å². The van der Waals surface area contributed by atoms with Crippen LogP contribution in [0.1, 0.15) is 28.9 Å². The fourth-order valence-electron chi connectivity index (χ4n) is 2.60. The number of nitro groups is 1. The number of nitrogens with one attached hydrogen (secondary N) is 1. The van der Waals surface area contributed by atoms with Crippen molar-refractivity contribution in [2.75, 3.05) is 5.32 Å². The summed E-state index contributed by atoms with van der Waals surface area (Å²) in [5, 5.41) is 14.8. The molecule has 25 heavy (non-hydrogen) atoms. The highest BCUT2D eigenvalue weighted by atomic mass is 16.6. The molecule has 0 aliphatic carbocycles. The maximum absolute atomic E-state index is 11.5. The van der Waals surface area contributed by atoms with Gasteiger partial charge >= 0.3 is 0 Å². The number of carbonyl (C=O) groups excluding carboxylic acids is 1. The summed E-state index contributed by atoms with van der Waals surface area (Å²) in [4.78, 5) is 30.4. The number of amides is 1. The number of fused-ring (bicyclic) bond motifs is 1. The molecule has 1 aromatic heterocycles. The molecule has 3 N–H and O–H groups in total. The Morgan fingerprint density at radius 3 is 2.72 bits per heavy atom. The molecule has 8 nitrogen and oxygen atoms in total. The van der Waals surface area contributed by atoms with Crippen molar-refractivity contribution in [2.24, 2.45) is 5.73 Å². The van der Waals surface area contributed by atoms with E-state index in [1.54, 1.807) is 30.3 Å². The maximum Gasteiger partial charge on any atom is 0.269 e. The normalized spacial score (nSPS) is 11.9. The van der Waals surface area contributed by atoms with Crippen molar-refractivity contribution in [2.45, 2.75) is 13.0 Å². The first-order chi connectivity index (χ1) is 12.0. The molecule has 0 aliphatic heterocycles. The Kier molecular flexibility index (Phi) is 4.25. The molecule has 0 fully saturated rings. The molecule has 0 saturated carbocycles. The number of rotatable bonds is 5. The Labute approximate surface area is 142 Å². The molecule has 0 saturated heterocycles. The number of nitrogens with zero attached hydrogens (tertiary/aromatic N) is 3. The zero-order valence-corrected chi connectivity index (χ0v) is 13.3. The monoisotopic (exact) mass is 337 g/mol. The highest BCUT2D eigenvalue weighted by Crippen LogP contribution is 2.27. The number of primary amides is 1. The van der Waals surface area contributed by atoms with Gasteiger partial charge in [-0.25, -0.2) is 9.97 Å². The summed E-state index contributed by atoms with van der Waals surface area (Å²) < 4.78 is 0. The summed E-state index contributed by atoms with van der Waals surface area (Å²) in [5.41, 5.74) is 6.92. The van der Waals surface area contributed by atoms with Gasteiger partial charge in [-0.05, 0) is 24.6 Å². The van der Waals surface area contributed by atoms with E-state index < -0.39 is 10.8 Å². The van der Waals surface area contributed by atoms with E-state index in [1.165, 1.54) is 18.5 Å². The van der Waals surface area contributed by atoms with Crippen LogP contribution in [-0.4, -0.2) is 20.8 Å². The SMILES string of the molecule is C[C@@H](Nc1ncnc2c(C(N)=O)cccc12)c1cccc([N+](=O)[O-])c1. The molecule has 2 aromatic carbocycles. The number of nitro benzene ring substituents is 1. The Bertz CT molecular complexity index is 973. The number of benzene rings is 2. The molecule has 0 spiro atoms. The van der Waals surface area contributed by atoms with Gasteiger partial charge in [-0.2, -0.15) is 0 Å². The summed E-state index contributed by atoms with van der Waals surface area (Å²) in [6, 6.07) is 11.2. The van der Waals surface area contributed by atoms with E-state index in [9.17, 15) is 14.9 Å². The van der Waals surface area contributed by atoms with Crippen LogP contribution >= 0.6 is 0 Å². The Hall–Kier alpha value is -3.55. The van der Waals surface area contributed by atoms with Gasteiger partial charge in [-0.1, -0.05) is 18.2 Å². The third-order valence-corrected chi connectivity index (χ3v) is 3.86. The standard InChI is InChI=1S/C17H15N5O3/c1-10(11-4-2-5-12(8-11)22(24)25)21-17-14-7-3-6-13(16(18)23)15(14)19-9-20-17/h2-10H,1H3,(H2,18,23)(H,19,20,21)/t10-/m1/s1. The average molecular weight is 337 g/mol. The number of hydrogen-bond donors (Lipinski definition) is 2. The minimum absolute atomic E-state index is 0.0229. The topological polar surface area (TPSA) is 124 Å². The zero-order valence-electron chi connectivity index (χ0n) is 13.3. The lowest BCUT2D eigenvalue weighted by Gasteiger charge is -2.16. The van der Waals surface area contributed by atoms with Crippen LogP contribution in [0, 0.1) is 10.1 Å². The van der Waals surface area contributed by atoms with Crippen LogP contribution in [0.3, 0.4) is 0 Å². The van der Waals surface area contributed by atoms with Crippen LogP contribution in [0.4, 0.5) is 11.5 Å². The van der Waals surface area contributed by atoms with Gasteiger partial charge in [0, 0.05) is 17.5 Å². The first-order valence-corrected chi connectivity index (χ1v) is 7.52. The third kappa shape index (κ3) is 3.23. The molecule has 3 rings (SSSR count). The van der Waals surface area contributed by atoms with E-state index in [0.717, 1.165) is 5.56 Å². The molecule has 126 valence electrons. The molecular formula is C17H15N5O3. The van der Waals surface area contributed by atoms with E-state index >= 15 is 0 Å². The summed E-state index contributed by atoms with van der Waals surface area (Å²) in [6.45, 7) is 1.87. The molecule has 0 bridgehead atoms. The van der Waals surface area contributed by atoms with E-state index in [0.29, 0.717) is 22.3 Å². The lowest BCUT2D eigenvalue weighted by molar-refractivity contribution is -0.384. The van der Waals surface area contributed by atoms with E-state index in [-0.39, 0.29) is 11.7 Å². The second kappa shape index (κ2) is 6.52. The second-order valence-corrected chi connectivity index (χ2v) is 5.51. The lowest BCUT2D eigenvalue weighted by atomic mass is 10.1. The summed E-state index contributed by atoms with van der Waals surface area (Å²) in [7, 11) is 0. The fourth-order valence-corrected chi connectivity index (χ4v) is 2.60. The number of anilines is 1. The number of carbonyl (C=O) groups is 1. The molecular weight excluding hydrogens is 322 g/mol. The highest BCUT2D eigenvalue weighted by molar-refractivity contribution is 6.06. The van der Waals surface area contributed by atoms with Crippen molar-refractivity contribution in [3.8, 4) is 0 Å². The van der Waals surface area contributed by atoms with Crippen LogP contribution in [0.2, 0.25) is 0 Å². The number of aromatic nitrogens is 2. The van der Waals surface area contributed by atoms with Crippen molar-refractivity contribution < 1.29 is 9.72 Å². The molecule has 1 heterocycles. The van der Waals surface area contributed by atoms with Crippen molar-refractivity contribution >= 4 is 28.3 Å². The predicted octanol–water partition coefficient (Wildman–Crippen LogP) is 2.81. The highest BCUT2D eigenvalue weighted by Gasteiger charge is 2.15. The van der Waals surface area contributed by atoms with Gasteiger partial charge < -0.3 is 11.1 Å². The summed E-state index contributed by atoms with van der Waals surface area (Å²) in [6.07, 6.45) is 1.34. The number of nitrogens with two attached hydrogens (primary N) is 1. The molecule has 1 atom stereocenters. The number of hydrogen-bond acceptors (Lipinski definition) is 6. The Balaban J connectivity index is 1.98. The van der Waals surface area contributed by atoms with E-state index in [4.69, 9.17) is 5.73 Å². The smallest absolute Gasteiger partial charge is 0.269 e. The molecule has 8 heteroatoms. The first-order valence-electron chi connectivity index (χ1n) is 7.52. The van der Waals surface area contributed by atoms with Gasteiger partial charge in [0.2, 0.25) is 0 Å².